The smallest absolute Gasteiger partial charge is 0.294 e. The molecule has 4 rings (SSSR count). The standard InChI is InChI=1S/C20H18N6OS/c1-14-19(27)26(21)20(23-22-14)28-13-16-12-25(17-10-6-3-7-11-17)24-18(16)15-8-4-2-5-9-15/h2-12H,13,21H2,1H3. The topological polar surface area (TPSA) is 91.6 Å². The van der Waals surface area contributed by atoms with Gasteiger partial charge in [0.1, 0.15) is 5.69 Å². The monoisotopic (exact) mass is 390 g/mol. The van der Waals surface area contributed by atoms with E-state index in [2.05, 4.69) is 10.2 Å². The summed E-state index contributed by atoms with van der Waals surface area (Å²) in [7, 11) is 0. The highest BCUT2D eigenvalue weighted by molar-refractivity contribution is 7.98. The zero-order valence-corrected chi connectivity index (χ0v) is 16.0. The number of nitrogens with two attached hydrogens (primary N) is 1. The summed E-state index contributed by atoms with van der Waals surface area (Å²) in [5.41, 5.74) is 3.81. The zero-order chi connectivity index (χ0) is 19.5. The molecule has 0 amide bonds. The van der Waals surface area contributed by atoms with E-state index in [0.29, 0.717) is 10.9 Å². The van der Waals surface area contributed by atoms with Crippen molar-refractivity contribution < 1.29 is 0 Å². The van der Waals surface area contributed by atoms with Crippen LogP contribution >= 0.6 is 11.8 Å². The fraction of sp³-hybridized carbons (Fsp3) is 0.100. The van der Waals surface area contributed by atoms with Gasteiger partial charge in [0.05, 0.1) is 11.4 Å². The minimum Gasteiger partial charge on any atom is -0.334 e. The van der Waals surface area contributed by atoms with Crippen LogP contribution in [-0.4, -0.2) is 24.7 Å². The van der Waals surface area contributed by atoms with Crippen LogP contribution in [0.5, 0.6) is 0 Å². The zero-order valence-electron chi connectivity index (χ0n) is 15.2. The van der Waals surface area contributed by atoms with Crippen molar-refractivity contribution in [2.45, 2.75) is 17.8 Å². The van der Waals surface area contributed by atoms with Gasteiger partial charge in [-0.3, -0.25) is 4.79 Å². The second-order valence-electron chi connectivity index (χ2n) is 6.18. The maximum Gasteiger partial charge on any atom is 0.294 e. The molecule has 2 aromatic carbocycles. The molecule has 0 atom stereocenters. The highest BCUT2D eigenvalue weighted by Gasteiger charge is 2.15. The van der Waals surface area contributed by atoms with Crippen molar-refractivity contribution in [3.63, 3.8) is 0 Å². The van der Waals surface area contributed by atoms with Crippen LogP contribution in [0.1, 0.15) is 11.3 Å². The third-order valence-corrected chi connectivity index (χ3v) is 5.23. The molecule has 0 bridgehead atoms. The molecule has 0 saturated carbocycles. The second kappa shape index (κ2) is 7.69. The van der Waals surface area contributed by atoms with E-state index in [9.17, 15) is 4.79 Å². The Kier molecular flexibility index (Phi) is 4.94. The van der Waals surface area contributed by atoms with Crippen molar-refractivity contribution >= 4 is 11.8 Å². The lowest BCUT2D eigenvalue weighted by Crippen LogP contribution is -2.32. The molecule has 28 heavy (non-hydrogen) atoms. The van der Waals surface area contributed by atoms with Gasteiger partial charge in [0.2, 0.25) is 5.16 Å². The lowest BCUT2D eigenvalue weighted by atomic mass is 10.1. The molecular formula is C20H18N6OS. The number of hydrogen-bond acceptors (Lipinski definition) is 6. The van der Waals surface area contributed by atoms with E-state index >= 15 is 0 Å². The molecular weight excluding hydrogens is 372 g/mol. The normalized spacial score (nSPS) is 10.9. The average Bonchev–Trinajstić information content (AvgIpc) is 3.17. The molecule has 8 heteroatoms. The first-order valence-corrected chi connectivity index (χ1v) is 9.65. The van der Waals surface area contributed by atoms with Crippen molar-refractivity contribution in [3.05, 3.63) is 88.5 Å². The lowest BCUT2D eigenvalue weighted by Gasteiger charge is -2.06. The summed E-state index contributed by atoms with van der Waals surface area (Å²) in [4.78, 5) is 12.0. The van der Waals surface area contributed by atoms with Crippen LogP contribution in [0.3, 0.4) is 0 Å². The van der Waals surface area contributed by atoms with Gasteiger partial charge in [-0.05, 0) is 19.1 Å². The van der Waals surface area contributed by atoms with E-state index in [-0.39, 0.29) is 11.3 Å². The van der Waals surface area contributed by atoms with Crippen molar-refractivity contribution in [1.29, 1.82) is 0 Å². The summed E-state index contributed by atoms with van der Waals surface area (Å²) in [5, 5.41) is 13.1. The van der Waals surface area contributed by atoms with Crippen LogP contribution in [0.4, 0.5) is 0 Å². The fourth-order valence-corrected chi connectivity index (χ4v) is 3.59. The van der Waals surface area contributed by atoms with Gasteiger partial charge in [0.15, 0.2) is 0 Å². The summed E-state index contributed by atoms with van der Waals surface area (Å²) in [6, 6.07) is 19.9. The Morgan fingerprint density at radius 2 is 1.68 bits per heavy atom. The summed E-state index contributed by atoms with van der Waals surface area (Å²) >= 11 is 1.35. The number of para-hydroxylation sites is 1. The molecule has 140 valence electrons. The second-order valence-corrected chi connectivity index (χ2v) is 7.12. The first kappa shape index (κ1) is 18.0. The van der Waals surface area contributed by atoms with Gasteiger partial charge < -0.3 is 5.84 Å². The van der Waals surface area contributed by atoms with E-state index in [0.717, 1.165) is 27.2 Å². The molecule has 4 aromatic rings. The number of aryl methyl sites for hydroxylation is 1. The Hall–Kier alpha value is -3.39. The molecule has 2 N–H and O–H groups in total. The van der Waals surface area contributed by atoms with E-state index in [1.165, 1.54) is 11.8 Å². The minimum absolute atomic E-state index is 0.272. The van der Waals surface area contributed by atoms with Gasteiger partial charge >= 0.3 is 0 Å². The molecule has 0 radical (unpaired) electrons. The molecule has 0 fully saturated rings. The summed E-state index contributed by atoms with van der Waals surface area (Å²) in [6.45, 7) is 1.59. The molecule has 2 aromatic heterocycles. The highest BCUT2D eigenvalue weighted by atomic mass is 32.2. The van der Waals surface area contributed by atoms with E-state index < -0.39 is 0 Å². The molecule has 0 unspecified atom stereocenters. The SMILES string of the molecule is Cc1nnc(SCc2cn(-c3ccccc3)nc2-c2ccccc2)n(N)c1=O. The number of nitrogen functional groups attached to an aromatic ring is 1. The van der Waals surface area contributed by atoms with Crippen LogP contribution in [0.2, 0.25) is 0 Å². The van der Waals surface area contributed by atoms with Crippen LogP contribution in [0.25, 0.3) is 16.9 Å². The Morgan fingerprint density at radius 1 is 1.00 bits per heavy atom. The number of benzene rings is 2. The van der Waals surface area contributed by atoms with Gasteiger partial charge in [-0.1, -0.05) is 60.3 Å². The molecule has 7 nitrogen and oxygen atoms in total. The van der Waals surface area contributed by atoms with Gasteiger partial charge in [0.25, 0.3) is 5.56 Å². The van der Waals surface area contributed by atoms with Crippen LogP contribution in [0.15, 0.2) is 76.8 Å². The number of aromatic nitrogens is 5. The summed E-state index contributed by atoms with van der Waals surface area (Å²) in [6.07, 6.45) is 1.99. The molecule has 0 saturated heterocycles. The average molecular weight is 390 g/mol. The molecule has 0 aliphatic rings. The number of hydrogen-bond donors (Lipinski definition) is 1. The van der Waals surface area contributed by atoms with Crippen LogP contribution < -0.4 is 11.4 Å². The first-order valence-electron chi connectivity index (χ1n) is 8.67. The largest absolute Gasteiger partial charge is 0.334 e. The van der Waals surface area contributed by atoms with E-state index in [1.54, 1.807) is 6.92 Å². The van der Waals surface area contributed by atoms with E-state index in [4.69, 9.17) is 10.9 Å². The molecule has 0 spiro atoms. The lowest BCUT2D eigenvalue weighted by molar-refractivity contribution is 0.681. The van der Waals surface area contributed by atoms with Crippen molar-refractivity contribution in [2.24, 2.45) is 0 Å². The number of rotatable bonds is 5. The van der Waals surface area contributed by atoms with Crippen molar-refractivity contribution in [1.82, 2.24) is 24.7 Å². The third-order valence-electron chi connectivity index (χ3n) is 4.23. The van der Waals surface area contributed by atoms with Crippen molar-refractivity contribution in [3.8, 4) is 16.9 Å². The van der Waals surface area contributed by atoms with Gasteiger partial charge in [-0.15, -0.1) is 10.2 Å². The molecule has 2 heterocycles. The van der Waals surface area contributed by atoms with Crippen LogP contribution in [0, 0.1) is 6.92 Å². The summed E-state index contributed by atoms with van der Waals surface area (Å²) < 4.78 is 2.89. The first-order chi connectivity index (χ1) is 13.6. The molecule has 0 aliphatic heterocycles. The maximum absolute atomic E-state index is 12.0. The quantitative estimate of drug-likeness (QED) is 0.416. The predicted molar refractivity (Wildman–Crippen MR) is 110 cm³/mol. The minimum atomic E-state index is -0.347. The molecule has 0 aliphatic carbocycles. The Balaban J connectivity index is 1.70. The van der Waals surface area contributed by atoms with Crippen molar-refractivity contribution in [2.75, 3.05) is 5.84 Å². The maximum atomic E-state index is 12.0. The Labute approximate surface area is 165 Å². The predicted octanol–water partition coefficient (Wildman–Crippen LogP) is 2.81. The van der Waals surface area contributed by atoms with Crippen LogP contribution in [-0.2, 0) is 5.75 Å². The number of nitrogens with zero attached hydrogens (tertiary/aromatic N) is 5. The number of thioether (sulfide) groups is 1. The van der Waals surface area contributed by atoms with E-state index in [1.807, 2.05) is 71.5 Å². The van der Waals surface area contributed by atoms with Gasteiger partial charge in [0, 0.05) is 23.1 Å². The summed E-state index contributed by atoms with van der Waals surface area (Å²) in [5.74, 6) is 6.40. The highest BCUT2D eigenvalue weighted by Crippen LogP contribution is 2.28. The van der Waals surface area contributed by atoms with Gasteiger partial charge in [-0.2, -0.15) is 9.77 Å². The Bertz CT molecular complexity index is 1150. The fourth-order valence-electron chi connectivity index (χ4n) is 2.78. The third kappa shape index (κ3) is 3.54. The Morgan fingerprint density at radius 3 is 2.39 bits per heavy atom. The van der Waals surface area contributed by atoms with Gasteiger partial charge in [-0.25, -0.2) is 4.68 Å².